The molecule has 106 valence electrons. The highest BCUT2D eigenvalue weighted by Crippen LogP contribution is 2.15. The SMILES string of the molecule is CCNS(=O)(=O)CCNC(=O)c1cnc(C)cc1Cl. The average Bonchev–Trinajstić information content (AvgIpc) is 2.28. The van der Waals surface area contributed by atoms with Crippen LogP contribution in [0.5, 0.6) is 0 Å². The molecule has 0 aliphatic rings. The highest BCUT2D eigenvalue weighted by atomic mass is 35.5. The van der Waals surface area contributed by atoms with Crippen molar-refractivity contribution in [1.82, 2.24) is 15.0 Å². The smallest absolute Gasteiger partial charge is 0.254 e. The molecule has 6 nitrogen and oxygen atoms in total. The molecule has 0 aliphatic carbocycles. The molecular weight excluding hydrogens is 290 g/mol. The highest BCUT2D eigenvalue weighted by Gasteiger charge is 2.13. The Morgan fingerprint density at radius 3 is 2.74 bits per heavy atom. The summed E-state index contributed by atoms with van der Waals surface area (Å²) in [4.78, 5) is 15.7. The summed E-state index contributed by atoms with van der Waals surface area (Å²) in [7, 11) is -3.34. The van der Waals surface area contributed by atoms with Crippen LogP contribution in [0.15, 0.2) is 12.3 Å². The second kappa shape index (κ2) is 6.83. The van der Waals surface area contributed by atoms with E-state index in [4.69, 9.17) is 11.6 Å². The van der Waals surface area contributed by atoms with E-state index in [9.17, 15) is 13.2 Å². The van der Waals surface area contributed by atoms with Crippen molar-refractivity contribution in [3.63, 3.8) is 0 Å². The van der Waals surface area contributed by atoms with Gasteiger partial charge in [0.1, 0.15) is 0 Å². The maximum Gasteiger partial charge on any atom is 0.254 e. The van der Waals surface area contributed by atoms with Crippen LogP contribution in [0.4, 0.5) is 0 Å². The summed E-state index contributed by atoms with van der Waals surface area (Å²) in [5, 5.41) is 2.78. The van der Waals surface area contributed by atoms with E-state index < -0.39 is 15.9 Å². The number of carbonyl (C=O) groups excluding carboxylic acids is 1. The van der Waals surface area contributed by atoms with Gasteiger partial charge in [-0.1, -0.05) is 18.5 Å². The number of hydrogen-bond donors (Lipinski definition) is 2. The Kier molecular flexibility index (Phi) is 5.71. The minimum absolute atomic E-state index is 0.0123. The molecule has 1 aromatic heterocycles. The molecule has 1 aromatic rings. The van der Waals surface area contributed by atoms with Crippen molar-refractivity contribution in [3.8, 4) is 0 Å². The molecule has 19 heavy (non-hydrogen) atoms. The van der Waals surface area contributed by atoms with Crippen molar-refractivity contribution in [2.24, 2.45) is 0 Å². The van der Waals surface area contributed by atoms with Crippen LogP contribution in [-0.4, -0.2) is 38.2 Å². The van der Waals surface area contributed by atoms with E-state index in [2.05, 4.69) is 15.0 Å². The molecule has 0 saturated heterocycles. The van der Waals surface area contributed by atoms with Crippen molar-refractivity contribution in [2.45, 2.75) is 13.8 Å². The zero-order valence-electron chi connectivity index (χ0n) is 10.7. The minimum Gasteiger partial charge on any atom is -0.351 e. The summed E-state index contributed by atoms with van der Waals surface area (Å²) in [5.74, 6) is -0.618. The number of aromatic nitrogens is 1. The van der Waals surface area contributed by atoms with Crippen LogP contribution in [0, 0.1) is 6.92 Å². The van der Waals surface area contributed by atoms with Gasteiger partial charge < -0.3 is 5.32 Å². The number of nitrogens with one attached hydrogen (secondary N) is 2. The number of aryl methyl sites for hydroxylation is 1. The summed E-state index contributed by atoms with van der Waals surface area (Å²) in [6.45, 7) is 3.78. The summed E-state index contributed by atoms with van der Waals surface area (Å²) >= 11 is 5.91. The zero-order valence-corrected chi connectivity index (χ0v) is 12.3. The molecule has 2 N–H and O–H groups in total. The van der Waals surface area contributed by atoms with Crippen LogP contribution < -0.4 is 10.0 Å². The van der Waals surface area contributed by atoms with Gasteiger partial charge in [0, 0.05) is 25.0 Å². The third kappa shape index (κ3) is 5.14. The number of hydrogen-bond acceptors (Lipinski definition) is 4. The molecule has 8 heteroatoms. The molecule has 0 spiro atoms. The fourth-order valence-electron chi connectivity index (χ4n) is 1.38. The molecule has 0 aliphatic heterocycles. The summed E-state index contributed by atoms with van der Waals surface area (Å²) in [6, 6.07) is 1.58. The molecule has 0 atom stereocenters. The average molecular weight is 306 g/mol. The predicted molar refractivity (Wildman–Crippen MR) is 73.8 cm³/mol. The predicted octanol–water partition coefficient (Wildman–Crippen LogP) is 0.713. The number of halogens is 1. The van der Waals surface area contributed by atoms with Crippen LogP contribution in [0.25, 0.3) is 0 Å². The van der Waals surface area contributed by atoms with E-state index >= 15 is 0 Å². The normalized spacial score (nSPS) is 11.3. The lowest BCUT2D eigenvalue weighted by molar-refractivity contribution is 0.0956. The number of pyridine rings is 1. The minimum atomic E-state index is -3.34. The first-order valence-corrected chi connectivity index (χ1v) is 7.76. The molecule has 1 amide bonds. The second-order valence-corrected chi connectivity index (χ2v) is 6.21. The standard InChI is InChI=1S/C11H16ClN3O3S/c1-3-15-19(17,18)5-4-13-11(16)9-7-14-8(2)6-10(9)12/h6-7,15H,3-5H2,1-2H3,(H,13,16). The van der Waals surface area contributed by atoms with Gasteiger partial charge in [-0.05, 0) is 13.0 Å². The van der Waals surface area contributed by atoms with Gasteiger partial charge in [0.05, 0.1) is 16.3 Å². The third-order valence-corrected chi connectivity index (χ3v) is 4.04. The largest absolute Gasteiger partial charge is 0.351 e. The fraction of sp³-hybridized carbons (Fsp3) is 0.455. The summed E-state index contributed by atoms with van der Waals surface area (Å²) < 4.78 is 25.1. The van der Waals surface area contributed by atoms with Crippen molar-refractivity contribution in [1.29, 1.82) is 0 Å². The van der Waals surface area contributed by atoms with Gasteiger partial charge >= 0.3 is 0 Å². The first-order valence-electron chi connectivity index (χ1n) is 5.73. The molecule has 0 radical (unpaired) electrons. The Hall–Kier alpha value is -1.18. The molecule has 0 saturated carbocycles. The van der Waals surface area contributed by atoms with Gasteiger partial charge in [-0.2, -0.15) is 0 Å². The number of amides is 1. The number of sulfonamides is 1. The molecule has 0 fully saturated rings. The quantitative estimate of drug-likeness (QED) is 0.810. The second-order valence-electron chi connectivity index (χ2n) is 3.88. The summed E-state index contributed by atoms with van der Waals surface area (Å²) in [5.41, 5.74) is 0.935. The van der Waals surface area contributed by atoms with Gasteiger partial charge in [-0.3, -0.25) is 9.78 Å². The first-order chi connectivity index (χ1) is 8.85. The van der Waals surface area contributed by atoms with E-state index in [1.165, 1.54) is 6.20 Å². The first kappa shape index (κ1) is 15.9. The number of carbonyl (C=O) groups is 1. The van der Waals surface area contributed by atoms with E-state index in [1.807, 2.05) is 0 Å². The lowest BCUT2D eigenvalue weighted by Gasteiger charge is -2.07. The Labute approximate surface area is 117 Å². The van der Waals surface area contributed by atoms with Crippen molar-refractivity contribution >= 4 is 27.5 Å². The van der Waals surface area contributed by atoms with Crippen LogP contribution in [0.1, 0.15) is 23.0 Å². The Morgan fingerprint density at radius 2 is 2.16 bits per heavy atom. The van der Waals surface area contributed by atoms with Crippen LogP contribution in [0.3, 0.4) is 0 Å². The van der Waals surface area contributed by atoms with Crippen molar-refractivity contribution in [2.75, 3.05) is 18.8 Å². The maximum absolute atomic E-state index is 11.8. The van der Waals surface area contributed by atoms with Crippen LogP contribution in [0.2, 0.25) is 5.02 Å². The topological polar surface area (TPSA) is 88.2 Å². The third-order valence-electron chi connectivity index (χ3n) is 2.26. The monoisotopic (exact) mass is 305 g/mol. The molecule has 0 unspecified atom stereocenters. The molecular formula is C11H16ClN3O3S. The number of rotatable bonds is 6. The Bertz CT molecular complexity index is 560. The molecule has 0 aromatic carbocycles. The van der Waals surface area contributed by atoms with Gasteiger partial charge in [-0.15, -0.1) is 0 Å². The van der Waals surface area contributed by atoms with Crippen molar-refractivity contribution in [3.05, 3.63) is 28.5 Å². The summed E-state index contributed by atoms with van der Waals surface area (Å²) in [6.07, 6.45) is 1.37. The Morgan fingerprint density at radius 1 is 1.47 bits per heavy atom. The maximum atomic E-state index is 11.8. The van der Waals surface area contributed by atoms with Gasteiger partial charge in [-0.25, -0.2) is 13.1 Å². The lowest BCUT2D eigenvalue weighted by atomic mass is 10.2. The van der Waals surface area contributed by atoms with E-state index in [-0.39, 0.29) is 17.9 Å². The van der Waals surface area contributed by atoms with E-state index in [0.29, 0.717) is 17.3 Å². The molecule has 1 heterocycles. The lowest BCUT2D eigenvalue weighted by Crippen LogP contribution is -2.34. The number of nitrogens with zero attached hydrogens (tertiary/aromatic N) is 1. The zero-order chi connectivity index (χ0) is 14.5. The van der Waals surface area contributed by atoms with Gasteiger partial charge in [0.15, 0.2) is 0 Å². The van der Waals surface area contributed by atoms with Gasteiger partial charge in [0.25, 0.3) is 5.91 Å². The molecule has 1 rings (SSSR count). The Balaban J connectivity index is 2.57. The van der Waals surface area contributed by atoms with Crippen molar-refractivity contribution < 1.29 is 13.2 Å². The van der Waals surface area contributed by atoms with Crippen LogP contribution >= 0.6 is 11.6 Å². The van der Waals surface area contributed by atoms with E-state index in [0.717, 1.165) is 0 Å². The van der Waals surface area contributed by atoms with Gasteiger partial charge in [0.2, 0.25) is 10.0 Å². The highest BCUT2D eigenvalue weighted by molar-refractivity contribution is 7.89. The van der Waals surface area contributed by atoms with Crippen LogP contribution in [-0.2, 0) is 10.0 Å². The molecule has 0 bridgehead atoms. The fourth-order valence-corrected chi connectivity index (χ4v) is 2.63. The van der Waals surface area contributed by atoms with E-state index in [1.54, 1.807) is 19.9 Å².